The zero-order chi connectivity index (χ0) is 13.7. The lowest BCUT2D eigenvalue weighted by molar-refractivity contribution is 1.12. The molecule has 0 fully saturated rings. The maximum atomic E-state index is 5.77. The molecule has 3 aromatic rings. The summed E-state index contributed by atoms with van der Waals surface area (Å²) in [5, 5.41) is 1.18. The molecule has 0 saturated carbocycles. The summed E-state index contributed by atoms with van der Waals surface area (Å²) in [6.07, 6.45) is 0.926. The standard InChI is InChI=1S/C15H14N2.C2H6/c16-13-6-7-15-12(9-13)10-14(17-15)8-11-4-2-1-3-5-11;1-2/h1-7,9-10,17H,8,16H2;1-2H3. The molecule has 0 atom stereocenters. The molecule has 0 spiro atoms. The molecule has 0 aliphatic heterocycles. The number of aromatic amines is 1. The first-order chi connectivity index (χ1) is 9.31. The first-order valence-corrected chi connectivity index (χ1v) is 6.72. The molecule has 0 unspecified atom stereocenters. The van der Waals surface area contributed by atoms with E-state index < -0.39 is 0 Å². The molecule has 2 aromatic carbocycles. The Balaban J connectivity index is 0.000000637. The third-order valence-corrected chi connectivity index (χ3v) is 2.94. The van der Waals surface area contributed by atoms with Crippen molar-refractivity contribution in [1.29, 1.82) is 0 Å². The van der Waals surface area contributed by atoms with Crippen LogP contribution in [0.4, 0.5) is 5.69 Å². The number of anilines is 1. The van der Waals surface area contributed by atoms with Crippen LogP contribution in [-0.2, 0) is 6.42 Å². The number of fused-ring (bicyclic) bond motifs is 1. The zero-order valence-corrected chi connectivity index (χ0v) is 11.5. The Kier molecular flexibility index (Phi) is 4.24. The van der Waals surface area contributed by atoms with Crippen molar-refractivity contribution in [1.82, 2.24) is 4.98 Å². The van der Waals surface area contributed by atoms with E-state index in [2.05, 4.69) is 35.3 Å². The number of hydrogen-bond acceptors (Lipinski definition) is 1. The zero-order valence-electron chi connectivity index (χ0n) is 11.5. The predicted octanol–water partition coefficient (Wildman–Crippen LogP) is 4.37. The minimum Gasteiger partial charge on any atom is -0.399 e. The van der Waals surface area contributed by atoms with Crippen LogP contribution in [0.25, 0.3) is 10.9 Å². The van der Waals surface area contributed by atoms with Gasteiger partial charge in [0.1, 0.15) is 0 Å². The smallest absolute Gasteiger partial charge is 0.0457 e. The fourth-order valence-corrected chi connectivity index (χ4v) is 2.12. The summed E-state index contributed by atoms with van der Waals surface area (Å²) in [5.41, 5.74) is 10.3. The minimum absolute atomic E-state index is 0.808. The molecule has 3 rings (SSSR count). The molecule has 98 valence electrons. The van der Waals surface area contributed by atoms with Crippen LogP contribution >= 0.6 is 0 Å². The van der Waals surface area contributed by atoms with Crippen LogP contribution in [0.2, 0.25) is 0 Å². The predicted molar refractivity (Wildman–Crippen MR) is 83.3 cm³/mol. The van der Waals surface area contributed by atoms with Crippen LogP contribution in [-0.4, -0.2) is 4.98 Å². The normalized spacial score (nSPS) is 10.0. The molecule has 0 saturated heterocycles. The first kappa shape index (κ1) is 13.2. The lowest BCUT2D eigenvalue weighted by Gasteiger charge is -1.97. The van der Waals surface area contributed by atoms with Crippen LogP contribution in [0.3, 0.4) is 0 Å². The van der Waals surface area contributed by atoms with Gasteiger partial charge in [-0.1, -0.05) is 44.2 Å². The maximum absolute atomic E-state index is 5.77. The molecule has 0 aliphatic rings. The highest BCUT2D eigenvalue weighted by molar-refractivity contribution is 5.83. The minimum atomic E-state index is 0.808. The van der Waals surface area contributed by atoms with Gasteiger partial charge in [-0.25, -0.2) is 0 Å². The Morgan fingerprint density at radius 2 is 1.68 bits per heavy atom. The summed E-state index contributed by atoms with van der Waals surface area (Å²) in [7, 11) is 0. The number of nitrogen functional groups attached to an aromatic ring is 1. The van der Waals surface area contributed by atoms with E-state index >= 15 is 0 Å². The fourth-order valence-electron chi connectivity index (χ4n) is 2.12. The van der Waals surface area contributed by atoms with Gasteiger partial charge >= 0.3 is 0 Å². The van der Waals surface area contributed by atoms with Crippen LogP contribution < -0.4 is 5.73 Å². The summed E-state index contributed by atoms with van der Waals surface area (Å²) in [6.45, 7) is 4.00. The number of benzene rings is 2. The molecule has 2 nitrogen and oxygen atoms in total. The van der Waals surface area contributed by atoms with E-state index in [9.17, 15) is 0 Å². The Morgan fingerprint density at radius 1 is 0.947 bits per heavy atom. The summed E-state index contributed by atoms with van der Waals surface area (Å²) >= 11 is 0. The molecule has 19 heavy (non-hydrogen) atoms. The largest absolute Gasteiger partial charge is 0.399 e. The molecule has 1 heterocycles. The molecular formula is C17H20N2. The Labute approximate surface area is 114 Å². The van der Waals surface area contributed by atoms with Crippen LogP contribution in [0.1, 0.15) is 25.1 Å². The van der Waals surface area contributed by atoms with E-state index in [0.29, 0.717) is 0 Å². The quantitative estimate of drug-likeness (QED) is 0.653. The van der Waals surface area contributed by atoms with Gasteiger partial charge in [-0.3, -0.25) is 0 Å². The molecule has 0 aliphatic carbocycles. The summed E-state index contributed by atoms with van der Waals surface area (Å²) in [6, 6.07) is 18.6. The van der Waals surface area contributed by atoms with Gasteiger partial charge in [0, 0.05) is 28.7 Å². The molecule has 0 radical (unpaired) electrons. The lowest BCUT2D eigenvalue weighted by atomic mass is 10.1. The third-order valence-electron chi connectivity index (χ3n) is 2.94. The second-order valence-electron chi connectivity index (χ2n) is 4.30. The van der Waals surface area contributed by atoms with Gasteiger partial charge in [0.25, 0.3) is 0 Å². The molecule has 3 N–H and O–H groups in total. The van der Waals surface area contributed by atoms with Crippen LogP contribution in [0.5, 0.6) is 0 Å². The van der Waals surface area contributed by atoms with Crippen molar-refractivity contribution in [3.8, 4) is 0 Å². The highest BCUT2D eigenvalue weighted by atomic mass is 14.7. The van der Waals surface area contributed by atoms with Crippen molar-refractivity contribution in [3.63, 3.8) is 0 Å². The van der Waals surface area contributed by atoms with Gasteiger partial charge in [-0.2, -0.15) is 0 Å². The van der Waals surface area contributed by atoms with Crippen molar-refractivity contribution in [2.75, 3.05) is 5.73 Å². The molecule has 2 heteroatoms. The number of nitrogens with two attached hydrogens (primary N) is 1. The van der Waals surface area contributed by atoms with E-state index in [1.165, 1.54) is 16.6 Å². The Bertz CT molecular complexity index is 639. The van der Waals surface area contributed by atoms with Gasteiger partial charge in [0.15, 0.2) is 0 Å². The average Bonchev–Trinajstić information content (AvgIpc) is 2.83. The number of rotatable bonds is 2. The number of nitrogens with one attached hydrogen (secondary N) is 1. The molecular weight excluding hydrogens is 232 g/mol. The van der Waals surface area contributed by atoms with Crippen molar-refractivity contribution in [2.45, 2.75) is 20.3 Å². The van der Waals surface area contributed by atoms with E-state index in [4.69, 9.17) is 5.73 Å². The summed E-state index contributed by atoms with van der Waals surface area (Å²) in [4.78, 5) is 3.42. The van der Waals surface area contributed by atoms with E-state index in [1.54, 1.807) is 0 Å². The number of aromatic nitrogens is 1. The Hall–Kier alpha value is -2.22. The van der Waals surface area contributed by atoms with Crippen LogP contribution in [0, 0.1) is 0 Å². The summed E-state index contributed by atoms with van der Waals surface area (Å²) < 4.78 is 0. The fraction of sp³-hybridized carbons (Fsp3) is 0.176. The second-order valence-corrected chi connectivity index (χ2v) is 4.30. The molecule has 1 aromatic heterocycles. The van der Waals surface area contributed by atoms with Gasteiger partial charge in [0.05, 0.1) is 0 Å². The number of hydrogen-bond donors (Lipinski definition) is 2. The average molecular weight is 252 g/mol. The van der Waals surface area contributed by atoms with Crippen molar-refractivity contribution >= 4 is 16.6 Å². The van der Waals surface area contributed by atoms with Gasteiger partial charge in [0.2, 0.25) is 0 Å². The third kappa shape index (κ3) is 3.16. The van der Waals surface area contributed by atoms with Crippen molar-refractivity contribution in [2.24, 2.45) is 0 Å². The van der Waals surface area contributed by atoms with Gasteiger partial charge in [-0.15, -0.1) is 0 Å². The van der Waals surface area contributed by atoms with E-state index in [0.717, 1.165) is 17.6 Å². The SMILES string of the molecule is CC.Nc1ccc2[nH]c(Cc3ccccc3)cc2c1. The lowest BCUT2D eigenvalue weighted by Crippen LogP contribution is -1.86. The van der Waals surface area contributed by atoms with E-state index in [-0.39, 0.29) is 0 Å². The topological polar surface area (TPSA) is 41.8 Å². The second kappa shape index (κ2) is 6.10. The van der Waals surface area contributed by atoms with E-state index in [1.807, 2.05) is 38.1 Å². The summed E-state index contributed by atoms with van der Waals surface area (Å²) in [5.74, 6) is 0. The van der Waals surface area contributed by atoms with Gasteiger partial charge < -0.3 is 10.7 Å². The first-order valence-electron chi connectivity index (χ1n) is 6.72. The Morgan fingerprint density at radius 3 is 2.42 bits per heavy atom. The highest BCUT2D eigenvalue weighted by Crippen LogP contribution is 2.20. The maximum Gasteiger partial charge on any atom is 0.0457 e. The molecule has 0 bridgehead atoms. The monoisotopic (exact) mass is 252 g/mol. The van der Waals surface area contributed by atoms with Crippen molar-refractivity contribution < 1.29 is 0 Å². The van der Waals surface area contributed by atoms with Gasteiger partial charge in [-0.05, 0) is 29.8 Å². The van der Waals surface area contributed by atoms with Crippen molar-refractivity contribution in [3.05, 3.63) is 65.9 Å². The van der Waals surface area contributed by atoms with Crippen LogP contribution in [0.15, 0.2) is 54.6 Å². The molecule has 0 amide bonds. The number of H-pyrrole nitrogens is 1. The highest BCUT2D eigenvalue weighted by Gasteiger charge is 2.01.